The van der Waals surface area contributed by atoms with E-state index in [0.717, 1.165) is 32.5 Å². The van der Waals surface area contributed by atoms with Crippen LogP contribution in [0.4, 0.5) is 13.2 Å². The summed E-state index contributed by atoms with van der Waals surface area (Å²) in [7, 11) is 2.00. The van der Waals surface area contributed by atoms with E-state index in [4.69, 9.17) is 10.5 Å². The van der Waals surface area contributed by atoms with E-state index in [1.807, 2.05) is 24.3 Å². The first-order valence-corrected chi connectivity index (χ1v) is 28.0. The quantitative estimate of drug-likeness (QED) is 0.0358. The third-order valence-electron chi connectivity index (χ3n) is 12.3. The molecule has 2 heterocycles. The highest BCUT2D eigenvalue weighted by Gasteiger charge is 2.37. The summed E-state index contributed by atoms with van der Waals surface area (Å²) < 4.78 is 31.2. The molecule has 1 aliphatic heterocycles. The maximum absolute atomic E-state index is 14.8. The van der Waals surface area contributed by atoms with Gasteiger partial charge in [0.15, 0.2) is 0 Å². The Kier molecular flexibility index (Phi) is 26.9. The summed E-state index contributed by atoms with van der Waals surface area (Å²) in [6, 6.07) is 14.1. The Balaban J connectivity index is 0.00000217. The monoisotopic (exact) mass is 1160 g/mol. The van der Waals surface area contributed by atoms with Crippen LogP contribution in [0.1, 0.15) is 56.7 Å². The molecular formula is C53H69F3N10O12S2. The van der Waals surface area contributed by atoms with Crippen LogP contribution in [0.3, 0.4) is 0 Å². The topological polar surface area (TPSA) is 352 Å². The molecule has 1 aromatic heterocycles. The number of carbonyl (C=O) groups excluding carboxylic acids is 9. The molecule has 0 bridgehead atoms. The number of para-hydroxylation sites is 1. The molecule has 4 aromatic rings. The molecule has 3 aromatic carbocycles. The average Bonchev–Trinajstić information content (AvgIpc) is 3.84. The zero-order valence-corrected chi connectivity index (χ0v) is 45.8. The Labute approximate surface area is 467 Å². The largest absolute Gasteiger partial charge is 0.446 e. The minimum atomic E-state index is -4.64. The summed E-state index contributed by atoms with van der Waals surface area (Å²) >= 11 is 0. The van der Waals surface area contributed by atoms with Crippen molar-refractivity contribution in [2.75, 3.05) is 24.7 Å². The number of fused-ring (bicyclic) bond motifs is 1. The number of rotatable bonds is 18. The van der Waals surface area contributed by atoms with Crippen LogP contribution in [-0.4, -0.2) is 165 Å². The van der Waals surface area contributed by atoms with Crippen molar-refractivity contribution in [3.63, 3.8) is 0 Å². The van der Waals surface area contributed by atoms with Crippen molar-refractivity contribution < 1.29 is 71.6 Å². The van der Waals surface area contributed by atoms with Crippen LogP contribution >= 0.6 is 21.6 Å². The summed E-state index contributed by atoms with van der Waals surface area (Å²) in [5, 5.41) is 53.2. The van der Waals surface area contributed by atoms with Crippen molar-refractivity contribution in [1.29, 1.82) is 0 Å². The SMILES string of the molecule is CC(=O)NC(Cc1ccccc1)C(=O)NC1CSSCC(C(=O)NC(CO)C(C)O)NC(=O)C(C(C)O)NC(=O)C(CCCCN)NC(=O)C(Cc2c[nH]c3ccccc23)NC(=O)C(Cc2ccccc2)NC1=O.O=CC(F)(F)F. The van der Waals surface area contributed by atoms with Gasteiger partial charge in [-0.05, 0) is 62.4 Å². The van der Waals surface area contributed by atoms with Crippen LogP contribution in [0.25, 0.3) is 10.9 Å². The molecule has 1 aliphatic rings. The molecule has 0 spiro atoms. The number of aliphatic hydroxyl groups excluding tert-OH is 3. The number of benzene rings is 3. The second-order valence-electron chi connectivity index (χ2n) is 18.8. The highest BCUT2D eigenvalue weighted by atomic mass is 33.1. The first-order valence-electron chi connectivity index (χ1n) is 25.5. The fourth-order valence-electron chi connectivity index (χ4n) is 8.06. The minimum Gasteiger partial charge on any atom is -0.394 e. The Morgan fingerprint density at radius 3 is 1.89 bits per heavy atom. The average molecular weight is 1160 g/mol. The zero-order valence-electron chi connectivity index (χ0n) is 44.1. The molecule has 1 saturated heterocycles. The van der Waals surface area contributed by atoms with Crippen molar-refractivity contribution in [2.45, 2.75) is 126 Å². The number of carbonyl (C=O) groups is 9. The molecule has 80 heavy (non-hydrogen) atoms. The fraction of sp³-hybridized carbons (Fsp3) is 0.453. The second-order valence-corrected chi connectivity index (χ2v) is 21.3. The maximum atomic E-state index is 14.8. The van der Waals surface area contributed by atoms with Crippen molar-refractivity contribution in [3.8, 4) is 0 Å². The lowest BCUT2D eigenvalue weighted by Gasteiger charge is -2.29. The summed E-state index contributed by atoms with van der Waals surface area (Å²) in [6.45, 7) is 3.43. The van der Waals surface area contributed by atoms with Crippen LogP contribution < -0.4 is 48.3 Å². The lowest BCUT2D eigenvalue weighted by Crippen LogP contribution is -2.62. The summed E-state index contributed by atoms with van der Waals surface area (Å²) in [5.41, 5.74) is 8.52. The molecule has 27 heteroatoms. The fourth-order valence-corrected chi connectivity index (χ4v) is 10.4. The lowest BCUT2D eigenvalue weighted by atomic mass is 10.0. The van der Waals surface area contributed by atoms with Gasteiger partial charge >= 0.3 is 6.18 Å². The third-order valence-corrected chi connectivity index (χ3v) is 14.7. The molecule has 8 amide bonds. The van der Waals surface area contributed by atoms with E-state index < -0.39 is 127 Å². The molecule has 0 aliphatic carbocycles. The van der Waals surface area contributed by atoms with Crippen LogP contribution in [0.15, 0.2) is 91.1 Å². The van der Waals surface area contributed by atoms with Gasteiger partial charge in [-0.3, -0.25) is 43.2 Å². The van der Waals surface area contributed by atoms with Gasteiger partial charge in [-0.15, -0.1) is 0 Å². The molecular weight excluding hydrogens is 1090 g/mol. The van der Waals surface area contributed by atoms with Crippen LogP contribution in [0, 0.1) is 0 Å². The molecule has 436 valence electrons. The number of hydrogen-bond donors (Lipinski definition) is 13. The van der Waals surface area contributed by atoms with E-state index in [1.54, 1.807) is 66.9 Å². The summed E-state index contributed by atoms with van der Waals surface area (Å²) in [5.74, 6) is -6.82. The number of aldehydes is 1. The Hall–Kier alpha value is -7.04. The van der Waals surface area contributed by atoms with E-state index >= 15 is 0 Å². The maximum Gasteiger partial charge on any atom is 0.446 e. The van der Waals surface area contributed by atoms with Gasteiger partial charge in [-0.1, -0.05) is 100 Å². The van der Waals surface area contributed by atoms with E-state index in [1.165, 1.54) is 20.8 Å². The Bertz CT molecular complexity index is 2690. The number of aromatic nitrogens is 1. The first-order chi connectivity index (χ1) is 38.0. The normalized spacial score (nSPS) is 21.4. The van der Waals surface area contributed by atoms with Gasteiger partial charge in [0, 0.05) is 54.8 Å². The van der Waals surface area contributed by atoms with Gasteiger partial charge in [-0.25, -0.2) is 0 Å². The number of H-pyrrole nitrogens is 1. The van der Waals surface area contributed by atoms with Crippen LogP contribution in [0.2, 0.25) is 0 Å². The Morgan fingerprint density at radius 2 is 1.30 bits per heavy atom. The summed E-state index contributed by atoms with van der Waals surface area (Å²) in [6.07, 6.45) is -6.08. The van der Waals surface area contributed by atoms with Gasteiger partial charge in [0.1, 0.15) is 42.3 Å². The van der Waals surface area contributed by atoms with Crippen LogP contribution in [0.5, 0.6) is 0 Å². The molecule has 1 fully saturated rings. The van der Waals surface area contributed by atoms with Gasteiger partial charge in [-0.2, -0.15) is 13.2 Å². The minimum absolute atomic E-state index is 0.0192. The predicted octanol–water partition coefficient (Wildman–Crippen LogP) is 0.120. The Morgan fingerprint density at radius 1 is 0.738 bits per heavy atom. The summed E-state index contributed by atoms with van der Waals surface area (Å²) in [4.78, 5) is 125. The molecule has 10 atom stereocenters. The van der Waals surface area contributed by atoms with E-state index in [-0.39, 0.29) is 43.7 Å². The van der Waals surface area contributed by atoms with Gasteiger partial charge in [0.2, 0.25) is 53.5 Å². The number of nitrogens with one attached hydrogen (secondary N) is 9. The van der Waals surface area contributed by atoms with Crippen LogP contribution in [-0.2, 0) is 62.4 Å². The number of unbranched alkanes of at least 4 members (excludes halogenated alkanes) is 1. The van der Waals surface area contributed by atoms with E-state index in [2.05, 4.69) is 47.5 Å². The highest BCUT2D eigenvalue weighted by molar-refractivity contribution is 8.76. The number of hydrogen-bond acceptors (Lipinski definition) is 15. The van der Waals surface area contributed by atoms with E-state index in [9.17, 15) is 66.8 Å². The molecule has 5 rings (SSSR count). The van der Waals surface area contributed by atoms with Crippen molar-refractivity contribution in [1.82, 2.24) is 47.5 Å². The smallest absolute Gasteiger partial charge is 0.394 e. The number of aromatic amines is 1. The van der Waals surface area contributed by atoms with Gasteiger partial charge < -0.3 is 68.6 Å². The molecule has 14 N–H and O–H groups in total. The first kappa shape index (κ1) is 65.5. The number of alkyl halides is 3. The standard InChI is InChI=1S/C51H68N10O11S2.C2HF3O/c1-29(63)41(26-62)58-50(71)43-28-74-73-27-42(59-46(67)38(54-31(3)65)22-32-14-6-4-7-15-32)49(70)56-39(23-33-16-8-5-9-17-33)47(68)57-40(24-34-25-53-36-19-11-10-18-35(34)36)48(69)55-37(20-12-13-21-52)45(66)61-44(30(2)64)51(72)60-43;3-2(4,5)1-6/h4-11,14-19,25,29-30,37-44,53,62-64H,12-13,20-24,26-28,52H2,1-3H3,(H,54,65)(H,55,69)(H,56,70)(H,57,68)(H,58,71)(H,59,67)(H,60,72)(H,61,66);1H. The highest BCUT2D eigenvalue weighted by Crippen LogP contribution is 2.25. The number of aliphatic hydroxyl groups is 3. The number of nitrogens with two attached hydrogens (primary N) is 1. The molecule has 10 unspecified atom stereocenters. The predicted molar refractivity (Wildman–Crippen MR) is 294 cm³/mol. The second kappa shape index (κ2) is 32.9. The van der Waals surface area contributed by atoms with Gasteiger partial charge in [0.25, 0.3) is 0 Å². The number of amides is 8. The van der Waals surface area contributed by atoms with Crippen molar-refractivity contribution in [2.24, 2.45) is 5.73 Å². The molecule has 22 nitrogen and oxygen atoms in total. The lowest BCUT2D eigenvalue weighted by molar-refractivity contribution is -0.156. The van der Waals surface area contributed by atoms with Crippen molar-refractivity contribution in [3.05, 3.63) is 108 Å². The zero-order chi connectivity index (χ0) is 58.9. The third kappa shape index (κ3) is 21.9. The van der Waals surface area contributed by atoms with Crippen molar-refractivity contribution >= 4 is 86.0 Å². The molecule has 0 saturated carbocycles. The number of halogens is 3. The molecule has 0 radical (unpaired) electrons. The van der Waals surface area contributed by atoms with E-state index in [0.29, 0.717) is 29.5 Å². The van der Waals surface area contributed by atoms with Gasteiger partial charge in [0.05, 0.1) is 24.9 Å².